The maximum atomic E-state index is 10.8. The summed E-state index contributed by atoms with van der Waals surface area (Å²) in [5.74, 6) is -0.810. The number of aryl methyl sites for hydroxylation is 1. The van der Waals surface area contributed by atoms with Crippen molar-refractivity contribution < 1.29 is 28.5 Å². The van der Waals surface area contributed by atoms with E-state index in [1.807, 2.05) is 127 Å². The molecular formula is C26H40N2O2V. The molecule has 1 heterocycles. The number of rotatable bonds is 5. The minimum absolute atomic E-state index is 0. The van der Waals surface area contributed by atoms with Gasteiger partial charge in [0.2, 0.25) is 0 Å². The molecule has 1 aromatic heterocycles. The molecule has 1 radical (unpaired) electrons. The monoisotopic (exact) mass is 463 g/mol. The summed E-state index contributed by atoms with van der Waals surface area (Å²) in [5.41, 5.74) is 3.76. The summed E-state index contributed by atoms with van der Waals surface area (Å²) in [4.78, 5) is 10.8. The summed E-state index contributed by atoms with van der Waals surface area (Å²) in [7, 11) is 0. The van der Waals surface area contributed by atoms with Gasteiger partial charge in [-0.25, -0.2) is 4.68 Å². The van der Waals surface area contributed by atoms with Crippen LogP contribution in [-0.4, -0.2) is 20.9 Å². The molecule has 0 atom stereocenters. The predicted molar refractivity (Wildman–Crippen MR) is 130 cm³/mol. The summed E-state index contributed by atoms with van der Waals surface area (Å²) in [6.45, 7) is 16.0. The van der Waals surface area contributed by atoms with E-state index in [0.717, 1.165) is 22.6 Å². The number of hydrogen-bond acceptors (Lipinski definition) is 2. The van der Waals surface area contributed by atoms with Gasteiger partial charge in [0.25, 0.3) is 0 Å². The summed E-state index contributed by atoms with van der Waals surface area (Å²) in [6.07, 6.45) is 0.509. The number of carbonyl (C=O) groups is 1. The van der Waals surface area contributed by atoms with Crippen LogP contribution in [0, 0.1) is 0 Å². The van der Waals surface area contributed by atoms with Crippen molar-refractivity contribution in [2.75, 3.05) is 0 Å². The van der Waals surface area contributed by atoms with Crippen molar-refractivity contribution in [3.63, 3.8) is 0 Å². The second kappa shape index (κ2) is 22.4. The van der Waals surface area contributed by atoms with Gasteiger partial charge in [-0.05, 0) is 18.2 Å². The standard InChI is InChI=1S/C18H16N2O2.4C2H6.V/c21-18(22)12-11-15-13-17(14-7-3-1-4-8-14)20(19-15)16-9-5-2-6-10-16;4*1-2;/h1-10,13H,11-12H2,(H,21,22);4*1-2H3;. The molecule has 4 nitrogen and oxygen atoms in total. The van der Waals surface area contributed by atoms with Gasteiger partial charge in [0.05, 0.1) is 23.5 Å². The molecule has 2 aromatic carbocycles. The average Bonchev–Trinajstić information content (AvgIpc) is 3.28. The van der Waals surface area contributed by atoms with E-state index >= 15 is 0 Å². The molecule has 3 aromatic rings. The average molecular weight is 464 g/mol. The Morgan fingerprint density at radius 3 is 1.71 bits per heavy atom. The molecule has 31 heavy (non-hydrogen) atoms. The fourth-order valence-corrected chi connectivity index (χ4v) is 2.37. The third-order valence-electron chi connectivity index (χ3n) is 3.43. The Morgan fingerprint density at radius 1 is 0.806 bits per heavy atom. The number of aromatic nitrogens is 2. The van der Waals surface area contributed by atoms with Crippen LogP contribution in [0.3, 0.4) is 0 Å². The molecule has 3 rings (SSSR count). The first-order chi connectivity index (χ1) is 14.7. The number of para-hydroxylation sites is 1. The summed E-state index contributed by atoms with van der Waals surface area (Å²) >= 11 is 0. The van der Waals surface area contributed by atoms with Gasteiger partial charge in [-0.3, -0.25) is 4.79 Å². The molecule has 0 spiro atoms. The summed E-state index contributed by atoms with van der Waals surface area (Å²) < 4.78 is 1.87. The number of hydrogen-bond donors (Lipinski definition) is 1. The van der Waals surface area contributed by atoms with Crippen LogP contribution >= 0.6 is 0 Å². The zero-order chi connectivity index (χ0) is 23.4. The third-order valence-corrected chi connectivity index (χ3v) is 3.43. The van der Waals surface area contributed by atoms with Gasteiger partial charge in [0, 0.05) is 30.5 Å². The summed E-state index contributed by atoms with van der Waals surface area (Å²) in [5, 5.41) is 13.4. The molecule has 0 aliphatic heterocycles. The van der Waals surface area contributed by atoms with Crippen molar-refractivity contribution in [3.05, 3.63) is 72.4 Å². The van der Waals surface area contributed by atoms with Gasteiger partial charge >= 0.3 is 5.97 Å². The smallest absolute Gasteiger partial charge is 0.303 e. The van der Waals surface area contributed by atoms with Crippen LogP contribution in [0.2, 0.25) is 0 Å². The second-order valence-electron chi connectivity index (χ2n) is 5.03. The van der Waals surface area contributed by atoms with E-state index < -0.39 is 5.97 Å². The Balaban J connectivity index is -0.000000785. The molecule has 0 saturated carbocycles. The largest absolute Gasteiger partial charge is 0.481 e. The number of carboxylic acids is 1. The number of benzene rings is 2. The van der Waals surface area contributed by atoms with Crippen molar-refractivity contribution in [1.82, 2.24) is 9.78 Å². The van der Waals surface area contributed by atoms with Crippen molar-refractivity contribution in [2.45, 2.75) is 68.2 Å². The maximum Gasteiger partial charge on any atom is 0.303 e. The molecule has 1 N–H and O–H groups in total. The molecule has 0 saturated heterocycles. The van der Waals surface area contributed by atoms with Crippen LogP contribution in [0.25, 0.3) is 16.9 Å². The molecular weight excluding hydrogens is 423 g/mol. The van der Waals surface area contributed by atoms with E-state index in [4.69, 9.17) is 5.11 Å². The minimum Gasteiger partial charge on any atom is -0.481 e. The zero-order valence-corrected chi connectivity index (χ0v) is 21.9. The van der Waals surface area contributed by atoms with Gasteiger partial charge in [-0.1, -0.05) is 104 Å². The Kier molecular flexibility index (Phi) is 24.1. The van der Waals surface area contributed by atoms with Gasteiger partial charge in [0.1, 0.15) is 0 Å². The van der Waals surface area contributed by atoms with Gasteiger partial charge < -0.3 is 5.11 Å². The zero-order valence-electron chi connectivity index (χ0n) is 20.5. The molecule has 0 aliphatic carbocycles. The van der Waals surface area contributed by atoms with Crippen LogP contribution in [-0.2, 0) is 29.8 Å². The number of nitrogens with zero attached hydrogens (tertiary/aromatic N) is 2. The van der Waals surface area contributed by atoms with Crippen molar-refractivity contribution in [3.8, 4) is 16.9 Å². The van der Waals surface area contributed by atoms with Crippen molar-refractivity contribution in [1.29, 1.82) is 0 Å². The first kappa shape index (κ1) is 33.3. The molecule has 0 aliphatic rings. The molecule has 0 bridgehead atoms. The first-order valence-corrected chi connectivity index (χ1v) is 11.2. The van der Waals surface area contributed by atoms with Crippen molar-refractivity contribution >= 4 is 5.97 Å². The van der Waals surface area contributed by atoms with Crippen LogP contribution in [0.4, 0.5) is 0 Å². The van der Waals surface area contributed by atoms with Crippen molar-refractivity contribution in [2.24, 2.45) is 0 Å². The topological polar surface area (TPSA) is 55.1 Å². The fourth-order valence-electron chi connectivity index (χ4n) is 2.37. The fraction of sp³-hybridized carbons (Fsp3) is 0.385. The first-order valence-electron chi connectivity index (χ1n) is 11.2. The second-order valence-corrected chi connectivity index (χ2v) is 5.03. The van der Waals surface area contributed by atoms with Gasteiger partial charge in [-0.2, -0.15) is 5.10 Å². The maximum absolute atomic E-state index is 10.8. The van der Waals surface area contributed by atoms with E-state index in [1.54, 1.807) is 0 Å². The molecule has 171 valence electrons. The molecule has 0 amide bonds. The normalized spacial score (nSPS) is 8.26. The number of aliphatic carboxylic acids is 1. The predicted octanol–water partition coefficient (Wildman–Crippen LogP) is 7.66. The SMILES string of the molecule is CC.CC.CC.CC.O=C(O)CCc1cc(-c2ccccc2)n(-c2ccccc2)n1.[V]. The van der Waals surface area contributed by atoms with E-state index in [1.165, 1.54) is 0 Å². The third kappa shape index (κ3) is 12.2. The van der Waals surface area contributed by atoms with E-state index in [0.29, 0.717) is 6.42 Å². The van der Waals surface area contributed by atoms with Crippen LogP contribution in [0.1, 0.15) is 67.5 Å². The Hall–Kier alpha value is -2.30. The minimum atomic E-state index is -0.810. The van der Waals surface area contributed by atoms with E-state index in [-0.39, 0.29) is 25.0 Å². The van der Waals surface area contributed by atoms with E-state index in [2.05, 4.69) is 5.10 Å². The van der Waals surface area contributed by atoms with Gasteiger partial charge in [-0.15, -0.1) is 0 Å². The van der Waals surface area contributed by atoms with Crippen LogP contribution in [0.15, 0.2) is 66.7 Å². The Bertz CT molecular complexity index is 716. The van der Waals surface area contributed by atoms with Gasteiger partial charge in [0.15, 0.2) is 0 Å². The quantitative estimate of drug-likeness (QED) is 0.423. The Morgan fingerprint density at radius 2 is 1.26 bits per heavy atom. The Labute approximate surface area is 201 Å². The molecule has 5 heteroatoms. The van der Waals surface area contributed by atoms with E-state index in [9.17, 15) is 4.79 Å². The van der Waals surface area contributed by atoms with Crippen LogP contribution < -0.4 is 0 Å². The van der Waals surface area contributed by atoms with Crippen LogP contribution in [0.5, 0.6) is 0 Å². The summed E-state index contributed by atoms with van der Waals surface area (Å²) in [6, 6.07) is 21.8. The number of carboxylic acid groups (broad SMARTS) is 1. The molecule has 0 fully saturated rings. The molecule has 0 unspecified atom stereocenters.